The van der Waals surface area contributed by atoms with Crippen molar-refractivity contribution in [3.63, 3.8) is 0 Å². The van der Waals surface area contributed by atoms with Crippen molar-refractivity contribution in [3.8, 4) is 0 Å². The SMILES string of the molecule is O=C1c2ccccc2C(=O)c2c1ccc1c2NN=CC1. The molecule has 0 atom stereocenters. The molecule has 0 bridgehead atoms. The fourth-order valence-corrected chi connectivity index (χ4v) is 2.78. The first-order valence-corrected chi connectivity index (χ1v) is 6.39. The van der Waals surface area contributed by atoms with Gasteiger partial charge in [0, 0.05) is 29.3 Å². The maximum atomic E-state index is 12.7. The Morgan fingerprint density at radius 2 is 1.65 bits per heavy atom. The average Bonchev–Trinajstić information content (AvgIpc) is 2.51. The van der Waals surface area contributed by atoms with Crippen molar-refractivity contribution in [2.75, 3.05) is 5.43 Å². The summed E-state index contributed by atoms with van der Waals surface area (Å²) in [6, 6.07) is 10.6. The average molecular weight is 262 g/mol. The molecule has 2 aliphatic rings. The van der Waals surface area contributed by atoms with Crippen LogP contribution >= 0.6 is 0 Å². The smallest absolute Gasteiger partial charge is 0.196 e. The molecule has 2 aromatic carbocycles. The first-order valence-electron chi connectivity index (χ1n) is 6.39. The van der Waals surface area contributed by atoms with Gasteiger partial charge in [-0.15, -0.1) is 0 Å². The highest BCUT2D eigenvalue weighted by atomic mass is 16.1. The summed E-state index contributed by atoms with van der Waals surface area (Å²) in [4.78, 5) is 25.2. The van der Waals surface area contributed by atoms with E-state index in [0.29, 0.717) is 34.4 Å². The van der Waals surface area contributed by atoms with Gasteiger partial charge in [0.15, 0.2) is 11.6 Å². The zero-order valence-electron chi connectivity index (χ0n) is 10.5. The molecule has 2 aromatic rings. The fraction of sp³-hybridized carbons (Fsp3) is 0.0625. The van der Waals surface area contributed by atoms with Crippen molar-refractivity contribution >= 4 is 23.5 Å². The summed E-state index contributed by atoms with van der Waals surface area (Å²) in [6.07, 6.45) is 2.41. The van der Waals surface area contributed by atoms with Crippen LogP contribution in [0, 0.1) is 0 Å². The van der Waals surface area contributed by atoms with Crippen LogP contribution in [-0.4, -0.2) is 17.8 Å². The van der Waals surface area contributed by atoms with Gasteiger partial charge in [-0.2, -0.15) is 5.10 Å². The van der Waals surface area contributed by atoms with Gasteiger partial charge in [0.1, 0.15) is 0 Å². The molecule has 0 spiro atoms. The second kappa shape index (κ2) is 3.87. The highest BCUT2D eigenvalue weighted by Gasteiger charge is 2.32. The van der Waals surface area contributed by atoms with Crippen LogP contribution in [0.25, 0.3) is 0 Å². The van der Waals surface area contributed by atoms with E-state index in [2.05, 4.69) is 10.5 Å². The van der Waals surface area contributed by atoms with Crippen molar-refractivity contribution in [2.45, 2.75) is 6.42 Å². The van der Waals surface area contributed by atoms with Crippen molar-refractivity contribution in [1.29, 1.82) is 0 Å². The molecule has 4 heteroatoms. The number of hydrogen-bond donors (Lipinski definition) is 1. The van der Waals surface area contributed by atoms with E-state index >= 15 is 0 Å². The molecule has 4 nitrogen and oxygen atoms in total. The van der Waals surface area contributed by atoms with Crippen LogP contribution < -0.4 is 5.43 Å². The molecular formula is C16H10N2O2. The molecule has 1 aliphatic carbocycles. The van der Waals surface area contributed by atoms with Crippen molar-refractivity contribution in [2.24, 2.45) is 5.10 Å². The minimum Gasteiger partial charge on any atom is -0.289 e. The van der Waals surface area contributed by atoms with Crippen molar-refractivity contribution in [3.05, 3.63) is 64.2 Å². The molecule has 0 unspecified atom stereocenters. The Kier molecular flexibility index (Phi) is 2.15. The Balaban J connectivity index is 2.03. The van der Waals surface area contributed by atoms with Crippen LogP contribution in [0.2, 0.25) is 0 Å². The molecule has 0 saturated heterocycles. The van der Waals surface area contributed by atoms with Crippen LogP contribution in [0.15, 0.2) is 41.5 Å². The molecule has 0 radical (unpaired) electrons. The van der Waals surface area contributed by atoms with Crippen LogP contribution in [0.5, 0.6) is 0 Å². The second-order valence-electron chi connectivity index (χ2n) is 4.85. The fourth-order valence-electron chi connectivity index (χ4n) is 2.78. The number of nitrogens with zero attached hydrogens (tertiary/aromatic N) is 1. The van der Waals surface area contributed by atoms with Crippen LogP contribution in [0.3, 0.4) is 0 Å². The van der Waals surface area contributed by atoms with Gasteiger partial charge in [0.05, 0.1) is 11.3 Å². The minimum atomic E-state index is -0.114. The predicted molar refractivity (Wildman–Crippen MR) is 75.6 cm³/mol. The summed E-state index contributed by atoms with van der Waals surface area (Å²) in [6.45, 7) is 0. The highest BCUT2D eigenvalue weighted by Crippen LogP contribution is 2.35. The molecule has 1 N–H and O–H groups in total. The van der Waals surface area contributed by atoms with E-state index in [0.717, 1.165) is 5.56 Å². The highest BCUT2D eigenvalue weighted by molar-refractivity contribution is 6.30. The van der Waals surface area contributed by atoms with E-state index in [-0.39, 0.29) is 11.6 Å². The van der Waals surface area contributed by atoms with E-state index in [1.54, 1.807) is 36.5 Å². The van der Waals surface area contributed by atoms with E-state index in [4.69, 9.17) is 0 Å². The number of benzene rings is 2. The number of hydrogen-bond acceptors (Lipinski definition) is 4. The lowest BCUT2D eigenvalue weighted by Gasteiger charge is -2.23. The molecule has 20 heavy (non-hydrogen) atoms. The molecule has 0 amide bonds. The third kappa shape index (κ3) is 1.33. The lowest BCUT2D eigenvalue weighted by molar-refractivity contribution is 0.0979. The predicted octanol–water partition coefficient (Wildman–Crippen LogP) is 2.42. The van der Waals surface area contributed by atoms with Gasteiger partial charge in [-0.1, -0.05) is 30.3 Å². The third-order valence-electron chi connectivity index (χ3n) is 3.76. The molecule has 4 rings (SSSR count). The lowest BCUT2D eigenvalue weighted by atomic mass is 9.82. The third-order valence-corrected chi connectivity index (χ3v) is 3.76. The number of hydrazone groups is 1. The number of carbonyl (C=O) groups excluding carboxylic acids is 2. The summed E-state index contributed by atoms with van der Waals surface area (Å²) in [5.41, 5.74) is 6.37. The van der Waals surface area contributed by atoms with Gasteiger partial charge < -0.3 is 0 Å². The van der Waals surface area contributed by atoms with Gasteiger partial charge in [-0.3, -0.25) is 15.0 Å². The van der Waals surface area contributed by atoms with Gasteiger partial charge >= 0.3 is 0 Å². The summed E-state index contributed by atoms with van der Waals surface area (Å²) in [5, 5.41) is 4.00. The Bertz CT molecular complexity index is 806. The zero-order chi connectivity index (χ0) is 13.7. The summed E-state index contributed by atoms with van der Waals surface area (Å²) >= 11 is 0. The van der Waals surface area contributed by atoms with Crippen LogP contribution in [0.4, 0.5) is 5.69 Å². The number of ketones is 2. The molecule has 0 aromatic heterocycles. The summed E-state index contributed by atoms with van der Waals surface area (Å²) in [5.74, 6) is -0.217. The first-order chi connectivity index (χ1) is 9.77. The van der Waals surface area contributed by atoms with E-state index < -0.39 is 0 Å². The van der Waals surface area contributed by atoms with E-state index in [1.807, 2.05) is 6.07 Å². The summed E-state index contributed by atoms with van der Waals surface area (Å²) < 4.78 is 0. The second-order valence-corrected chi connectivity index (χ2v) is 4.85. The standard InChI is InChI=1S/C16H10N2O2/c19-15-10-3-1-2-4-11(10)16(20)13-12(15)6-5-9-7-8-17-18-14(9)13/h1-6,8,18H,7H2. The Morgan fingerprint density at radius 3 is 2.45 bits per heavy atom. The van der Waals surface area contributed by atoms with Gasteiger partial charge in [0.2, 0.25) is 0 Å². The van der Waals surface area contributed by atoms with E-state index in [9.17, 15) is 9.59 Å². The maximum Gasteiger partial charge on any atom is 0.196 e. The van der Waals surface area contributed by atoms with Crippen molar-refractivity contribution < 1.29 is 9.59 Å². The monoisotopic (exact) mass is 262 g/mol. The summed E-state index contributed by atoms with van der Waals surface area (Å²) in [7, 11) is 0. The Morgan fingerprint density at radius 1 is 0.900 bits per heavy atom. The number of rotatable bonds is 0. The molecular weight excluding hydrogens is 252 g/mol. The normalized spacial score (nSPS) is 15.2. The van der Waals surface area contributed by atoms with Crippen LogP contribution in [-0.2, 0) is 6.42 Å². The van der Waals surface area contributed by atoms with Crippen LogP contribution in [0.1, 0.15) is 37.4 Å². The minimum absolute atomic E-state index is 0.102. The Hall–Kier alpha value is -2.75. The maximum absolute atomic E-state index is 12.7. The molecule has 1 aliphatic heterocycles. The van der Waals surface area contributed by atoms with Gasteiger partial charge in [-0.25, -0.2) is 0 Å². The first kappa shape index (κ1) is 11.1. The quantitative estimate of drug-likeness (QED) is 0.677. The molecule has 1 heterocycles. The molecule has 0 saturated carbocycles. The van der Waals surface area contributed by atoms with Crippen molar-refractivity contribution in [1.82, 2.24) is 0 Å². The Labute approximate surface area is 115 Å². The van der Waals surface area contributed by atoms with Gasteiger partial charge in [0.25, 0.3) is 0 Å². The molecule has 0 fully saturated rings. The zero-order valence-corrected chi connectivity index (χ0v) is 10.5. The van der Waals surface area contributed by atoms with E-state index in [1.165, 1.54) is 0 Å². The lowest BCUT2D eigenvalue weighted by Crippen LogP contribution is -2.23. The van der Waals surface area contributed by atoms with Gasteiger partial charge in [-0.05, 0) is 11.6 Å². The largest absolute Gasteiger partial charge is 0.289 e. The number of carbonyl (C=O) groups is 2. The topological polar surface area (TPSA) is 58.5 Å². The molecule has 96 valence electrons. The number of nitrogens with one attached hydrogen (secondary N) is 1. The number of anilines is 1. The number of fused-ring (bicyclic) bond motifs is 4.